The summed E-state index contributed by atoms with van der Waals surface area (Å²) in [4.78, 5) is 13.8. The van der Waals surface area contributed by atoms with Crippen LogP contribution in [0.1, 0.15) is 5.69 Å². The topological polar surface area (TPSA) is 92.8 Å². The number of fused-ring (bicyclic) bond motifs is 1. The van der Waals surface area contributed by atoms with E-state index in [1.165, 1.54) is 25.3 Å². The normalized spacial score (nSPS) is 10.2. The molecule has 1 aromatic heterocycles. The van der Waals surface area contributed by atoms with E-state index in [1.807, 2.05) is 0 Å². The predicted molar refractivity (Wildman–Crippen MR) is 59.8 cm³/mol. The van der Waals surface area contributed by atoms with Crippen molar-refractivity contribution >= 4 is 22.6 Å². The van der Waals surface area contributed by atoms with Gasteiger partial charge in [-0.15, -0.1) is 4.73 Å². The van der Waals surface area contributed by atoms with Crippen molar-refractivity contribution in [2.24, 2.45) is 0 Å². The lowest BCUT2D eigenvalue weighted by Crippen LogP contribution is -2.39. The lowest BCUT2D eigenvalue weighted by molar-refractivity contribution is -0.581. The van der Waals surface area contributed by atoms with Crippen LogP contribution in [0.15, 0.2) is 16.9 Å². The lowest BCUT2D eigenvalue weighted by Gasteiger charge is -2.06. The molecule has 0 spiro atoms. The van der Waals surface area contributed by atoms with E-state index in [0.717, 1.165) is 0 Å². The van der Waals surface area contributed by atoms with Crippen LogP contribution < -0.4 is 15.0 Å². The second-order valence-electron chi connectivity index (χ2n) is 3.18. The van der Waals surface area contributed by atoms with E-state index >= 15 is 0 Å². The summed E-state index contributed by atoms with van der Waals surface area (Å²) >= 11 is 5.95. The number of aromatic nitrogens is 2. The van der Waals surface area contributed by atoms with Crippen LogP contribution in [0.4, 0.5) is 0 Å². The Hall–Kier alpha value is -2.26. The first-order valence-corrected chi connectivity index (χ1v) is 4.90. The minimum atomic E-state index is -0.787. The van der Waals surface area contributed by atoms with E-state index in [-0.39, 0.29) is 20.8 Å². The van der Waals surface area contributed by atoms with Gasteiger partial charge in [0.1, 0.15) is 16.3 Å². The third-order valence-corrected chi connectivity index (χ3v) is 2.66. The molecule has 0 aliphatic rings. The molecule has 2 aromatic rings. The Bertz CT molecular complexity index is 702. The molecule has 1 aromatic carbocycles. The standard InChI is InChI=1S/C10H6ClN3O3/c1-17-7-3-2-5-9(8(7)11)13-10(15)6(4-12)14(5)16/h2-3H,1H3,(H,13,15). The van der Waals surface area contributed by atoms with Crippen LogP contribution in [0.3, 0.4) is 0 Å². The van der Waals surface area contributed by atoms with Crippen LogP contribution in [0.2, 0.25) is 5.02 Å². The Kier molecular flexibility index (Phi) is 2.61. The van der Waals surface area contributed by atoms with Gasteiger partial charge < -0.3 is 14.9 Å². The quantitative estimate of drug-likeness (QED) is 0.596. The molecule has 17 heavy (non-hydrogen) atoms. The lowest BCUT2D eigenvalue weighted by atomic mass is 10.2. The molecule has 0 saturated carbocycles. The summed E-state index contributed by atoms with van der Waals surface area (Å²) in [5.41, 5.74) is -1.07. The summed E-state index contributed by atoms with van der Waals surface area (Å²) in [6.45, 7) is 0. The van der Waals surface area contributed by atoms with Crippen molar-refractivity contribution in [3.8, 4) is 11.8 Å². The molecule has 0 radical (unpaired) electrons. The smallest absolute Gasteiger partial charge is 0.360 e. The second kappa shape index (κ2) is 3.96. The SMILES string of the molecule is COc1ccc2c([nH]c(=O)c(C#N)[n+]2[O-])c1Cl. The van der Waals surface area contributed by atoms with Gasteiger partial charge in [0.2, 0.25) is 5.52 Å². The Morgan fingerprint density at radius 2 is 2.29 bits per heavy atom. The highest BCUT2D eigenvalue weighted by Gasteiger charge is 2.19. The van der Waals surface area contributed by atoms with Crippen molar-refractivity contribution in [1.29, 1.82) is 5.26 Å². The van der Waals surface area contributed by atoms with E-state index in [1.54, 1.807) is 0 Å². The van der Waals surface area contributed by atoms with E-state index in [9.17, 15) is 10.0 Å². The number of halogens is 1. The highest BCUT2D eigenvalue weighted by molar-refractivity contribution is 6.36. The monoisotopic (exact) mass is 251 g/mol. The van der Waals surface area contributed by atoms with Crippen molar-refractivity contribution in [3.05, 3.63) is 38.4 Å². The third kappa shape index (κ3) is 1.57. The average Bonchev–Trinajstić information content (AvgIpc) is 2.31. The largest absolute Gasteiger partial charge is 0.617 e. The van der Waals surface area contributed by atoms with Gasteiger partial charge in [0.25, 0.3) is 0 Å². The van der Waals surface area contributed by atoms with Crippen molar-refractivity contribution in [2.75, 3.05) is 7.11 Å². The van der Waals surface area contributed by atoms with Gasteiger partial charge in [-0.05, 0) is 6.07 Å². The molecule has 2 rings (SSSR count). The second-order valence-corrected chi connectivity index (χ2v) is 3.56. The molecule has 0 unspecified atom stereocenters. The van der Waals surface area contributed by atoms with Crippen LogP contribution in [0, 0.1) is 16.5 Å². The van der Waals surface area contributed by atoms with Gasteiger partial charge in [-0.25, -0.2) is 0 Å². The number of rotatable bonds is 1. The predicted octanol–water partition coefficient (Wildman–Crippen LogP) is 0.695. The molecule has 7 heteroatoms. The molecule has 0 atom stereocenters. The van der Waals surface area contributed by atoms with Crippen molar-refractivity contribution in [3.63, 3.8) is 0 Å². The summed E-state index contributed by atoms with van der Waals surface area (Å²) in [5, 5.41) is 20.5. The molecular formula is C10H6ClN3O3. The van der Waals surface area contributed by atoms with Gasteiger partial charge in [0, 0.05) is 6.07 Å². The maximum atomic E-state index is 11.7. The van der Waals surface area contributed by atoms with Crippen LogP contribution in [-0.4, -0.2) is 12.1 Å². The number of nitriles is 1. The Morgan fingerprint density at radius 1 is 1.59 bits per heavy atom. The number of aromatic amines is 1. The Morgan fingerprint density at radius 3 is 2.88 bits per heavy atom. The molecule has 0 aliphatic heterocycles. The van der Waals surface area contributed by atoms with Gasteiger partial charge in [0.15, 0.2) is 6.07 Å². The molecular weight excluding hydrogens is 246 g/mol. The third-order valence-electron chi connectivity index (χ3n) is 2.29. The molecule has 0 saturated heterocycles. The maximum absolute atomic E-state index is 11.7. The molecule has 1 N–H and O–H groups in total. The zero-order valence-corrected chi connectivity index (χ0v) is 9.41. The number of nitrogens with one attached hydrogen (secondary N) is 1. The van der Waals surface area contributed by atoms with Crippen LogP contribution in [-0.2, 0) is 0 Å². The van der Waals surface area contributed by atoms with Crippen molar-refractivity contribution < 1.29 is 9.47 Å². The highest BCUT2D eigenvalue weighted by Crippen LogP contribution is 2.29. The van der Waals surface area contributed by atoms with Crippen molar-refractivity contribution in [1.82, 2.24) is 4.98 Å². The average molecular weight is 252 g/mol. The summed E-state index contributed by atoms with van der Waals surface area (Å²) in [6, 6.07) is 4.44. The fraction of sp³-hybridized carbons (Fsp3) is 0.100. The zero-order valence-electron chi connectivity index (χ0n) is 8.65. The van der Waals surface area contributed by atoms with E-state index < -0.39 is 11.3 Å². The summed E-state index contributed by atoms with van der Waals surface area (Å²) in [5.74, 6) is 0.333. The van der Waals surface area contributed by atoms with Crippen LogP contribution in [0.25, 0.3) is 11.0 Å². The van der Waals surface area contributed by atoms with E-state index in [2.05, 4.69) is 4.98 Å². The Balaban J connectivity index is 2.98. The summed E-state index contributed by atoms with van der Waals surface area (Å²) < 4.78 is 5.21. The number of hydrogen-bond acceptors (Lipinski definition) is 4. The zero-order chi connectivity index (χ0) is 12.6. The summed E-state index contributed by atoms with van der Waals surface area (Å²) in [7, 11) is 1.42. The van der Waals surface area contributed by atoms with Gasteiger partial charge in [0.05, 0.1) is 7.11 Å². The first-order valence-electron chi connectivity index (χ1n) is 4.52. The molecule has 0 aliphatic carbocycles. The minimum absolute atomic E-state index is 0.104. The number of ether oxygens (including phenoxy) is 1. The van der Waals surface area contributed by atoms with Gasteiger partial charge in [-0.1, -0.05) is 11.6 Å². The van der Waals surface area contributed by atoms with E-state index in [0.29, 0.717) is 5.75 Å². The van der Waals surface area contributed by atoms with Gasteiger partial charge in [-0.2, -0.15) is 5.26 Å². The van der Waals surface area contributed by atoms with Crippen molar-refractivity contribution in [2.45, 2.75) is 0 Å². The van der Waals surface area contributed by atoms with Gasteiger partial charge in [-0.3, -0.25) is 4.79 Å². The van der Waals surface area contributed by atoms with Crippen LogP contribution in [0.5, 0.6) is 5.75 Å². The fourth-order valence-corrected chi connectivity index (χ4v) is 1.76. The minimum Gasteiger partial charge on any atom is -0.617 e. The van der Waals surface area contributed by atoms with Crippen LogP contribution >= 0.6 is 11.6 Å². The molecule has 0 fully saturated rings. The molecule has 0 amide bonds. The molecule has 0 bridgehead atoms. The number of benzene rings is 1. The molecule has 6 nitrogen and oxygen atoms in total. The van der Waals surface area contributed by atoms with E-state index in [4.69, 9.17) is 21.6 Å². The molecule has 86 valence electrons. The number of hydrogen-bond donors (Lipinski definition) is 1. The number of methoxy groups -OCH3 is 1. The number of H-pyrrole nitrogens is 1. The Labute approximate surface area is 100 Å². The molecule has 1 heterocycles. The summed E-state index contributed by atoms with van der Waals surface area (Å²) in [6.07, 6.45) is 0. The van der Waals surface area contributed by atoms with Gasteiger partial charge >= 0.3 is 11.3 Å². The fourth-order valence-electron chi connectivity index (χ4n) is 1.47. The maximum Gasteiger partial charge on any atom is 0.360 e. The first kappa shape index (κ1) is 11.2. The number of nitrogens with zero attached hydrogens (tertiary/aromatic N) is 2. The first-order chi connectivity index (χ1) is 8.10. The highest BCUT2D eigenvalue weighted by atomic mass is 35.5.